The van der Waals surface area contributed by atoms with Crippen LogP contribution in [0.15, 0.2) is 18.2 Å². The van der Waals surface area contributed by atoms with Gasteiger partial charge >= 0.3 is 0 Å². The minimum Gasteiger partial charge on any atom is -0.495 e. The molecule has 17 heavy (non-hydrogen) atoms. The predicted octanol–water partition coefficient (Wildman–Crippen LogP) is 2.90. The van der Waals surface area contributed by atoms with Crippen LogP contribution in [0, 0.1) is 5.92 Å². The van der Waals surface area contributed by atoms with E-state index in [-0.39, 0.29) is 0 Å². The third-order valence-corrected chi connectivity index (χ3v) is 3.69. The first-order chi connectivity index (χ1) is 8.13. The fourth-order valence-electron chi connectivity index (χ4n) is 2.59. The number of piperidine rings is 1. The number of hydrogen-bond donors (Lipinski definition) is 1. The highest BCUT2D eigenvalue weighted by molar-refractivity contribution is 5.74. The fraction of sp³-hybridized carbons (Fsp3) is 0.571. The summed E-state index contributed by atoms with van der Waals surface area (Å²) in [5, 5.41) is 0. The van der Waals surface area contributed by atoms with Crippen molar-refractivity contribution in [1.82, 2.24) is 0 Å². The van der Waals surface area contributed by atoms with E-state index >= 15 is 0 Å². The maximum Gasteiger partial charge on any atom is 0.143 e. The lowest BCUT2D eigenvalue weighted by Gasteiger charge is -2.39. The maximum absolute atomic E-state index is 6.17. The molecule has 1 aliphatic heterocycles. The van der Waals surface area contributed by atoms with Gasteiger partial charge in [-0.1, -0.05) is 13.0 Å². The smallest absolute Gasteiger partial charge is 0.143 e. The van der Waals surface area contributed by atoms with Gasteiger partial charge in [0.2, 0.25) is 0 Å². The Morgan fingerprint density at radius 2 is 2.06 bits per heavy atom. The molecule has 1 aromatic rings. The first-order valence-electron chi connectivity index (χ1n) is 6.32. The van der Waals surface area contributed by atoms with E-state index in [0.29, 0.717) is 6.04 Å². The topological polar surface area (TPSA) is 38.5 Å². The number of nitrogen functional groups attached to an aromatic ring is 1. The SMILES string of the molecule is COc1cccc(N2CC(C)CCC2C)c1N. The monoisotopic (exact) mass is 234 g/mol. The van der Waals surface area contributed by atoms with Crippen molar-refractivity contribution in [3.05, 3.63) is 18.2 Å². The van der Waals surface area contributed by atoms with Gasteiger partial charge in [0.15, 0.2) is 0 Å². The third kappa shape index (κ3) is 2.33. The molecule has 3 nitrogen and oxygen atoms in total. The Bertz CT molecular complexity index is 392. The summed E-state index contributed by atoms with van der Waals surface area (Å²) in [4.78, 5) is 2.41. The van der Waals surface area contributed by atoms with Crippen molar-refractivity contribution in [2.75, 3.05) is 24.3 Å². The number of rotatable bonds is 2. The molecule has 94 valence electrons. The molecule has 1 aromatic carbocycles. The molecule has 0 saturated carbocycles. The lowest BCUT2D eigenvalue weighted by molar-refractivity contribution is 0.389. The molecule has 3 heteroatoms. The van der Waals surface area contributed by atoms with Gasteiger partial charge in [0.1, 0.15) is 5.75 Å². The van der Waals surface area contributed by atoms with Crippen LogP contribution in [0.25, 0.3) is 0 Å². The van der Waals surface area contributed by atoms with Crippen molar-refractivity contribution in [3.63, 3.8) is 0 Å². The molecular formula is C14H22N2O. The molecule has 0 radical (unpaired) electrons. The second-order valence-electron chi connectivity index (χ2n) is 5.08. The zero-order chi connectivity index (χ0) is 12.4. The van der Waals surface area contributed by atoms with E-state index in [2.05, 4.69) is 24.8 Å². The van der Waals surface area contributed by atoms with Crippen LogP contribution in [0.2, 0.25) is 0 Å². The van der Waals surface area contributed by atoms with Crippen LogP contribution in [0.1, 0.15) is 26.7 Å². The molecular weight excluding hydrogens is 212 g/mol. The number of anilines is 2. The van der Waals surface area contributed by atoms with E-state index in [1.165, 1.54) is 12.8 Å². The molecule has 0 spiro atoms. The van der Waals surface area contributed by atoms with Crippen LogP contribution < -0.4 is 15.4 Å². The summed E-state index contributed by atoms with van der Waals surface area (Å²) in [6, 6.07) is 6.57. The van der Waals surface area contributed by atoms with Gasteiger partial charge in [-0.15, -0.1) is 0 Å². The summed E-state index contributed by atoms with van der Waals surface area (Å²) in [5.74, 6) is 1.50. The van der Waals surface area contributed by atoms with Crippen molar-refractivity contribution < 1.29 is 4.74 Å². The summed E-state index contributed by atoms with van der Waals surface area (Å²) in [5.41, 5.74) is 8.04. The van der Waals surface area contributed by atoms with Crippen molar-refractivity contribution >= 4 is 11.4 Å². The molecule has 2 atom stereocenters. The molecule has 2 N–H and O–H groups in total. The number of methoxy groups -OCH3 is 1. The predicted molar refractivity (Wildman–Crippen MR) is 72.6 cm³/mol. The Kier molecular flexibility index (Phi) is 3.46. The largest absolute Gasteiger partial charge is 0.495 e. The summed E-state index contributed by atoms with van der Waals surface area (Å²) >= 11 is 0. The van der Waals surface area contributed by atoms with Crippen molar-refractivity contribution in [3.8, 4) is 5.75 Å². The van der Waals surface area contributed by atoms with E-state index in [9.17, 15) is 0 Å². The van der Waals surface area contributed by atoms with Gasteiger partial charge in [-0.25, -0.2) is 0 Å². The highest BCUT2D eigenvalue weighted by atomic mass is 16.5. The van der Waals surface area contributed by atoms with E-state index in [0.717, 1.165) is 29.6 Å². The highest BCUT2D eigenvalue weighted by Gasteiger charge is 2.25. The van der Waals surface area contributed by atoms with Crippen LogP contribution in [0.5, 0.6) is 5.75 Å². The van der Waals surface area contributed by atoms with Gasteiger partial charge < -0.3 is 15.4 Å². The number of nitrogens with zero attached hydrogens (tertiary/aromatic N) is 1. The molecule has 1 saturated heterocycles. The number of ether oxygens (including phenoxy) is 1. The number of nitrogens with two attached hydrogens (primary N) is 1. The number of hydrogen-bond acceptors (Lipinski definition) is 3. The number of para-hydroxylation sites is 1. The highest BCUT2D eigenvalue weighted by Crippen LogP contribution is 2.36. The zero-order valence-electron chi connectivity index (χ0n) is 10.9. The standard InChI is InChI=1S/C14H22N2O/c1-10-7-8-11(2)16(9-10)12-5-4-6-13(17-3)14(12)15/h4-6,10-11H,7-9,15H2,1-3H3. The molecule has 1 heterocycles. The summed E-state index contributed by atoms with van der Waals surface area (Å²) in [6.45, 7) is 5.65. The van der Waals surface area contributed by atoms with Crippen LogP contribution in [0.4, 0.5) is 11.4 Å². The summed E-state index contributed by atoms with van der Waals surface area (Å²) in [6.07, 6.45) is 2.54. The van der Waals surface area contributed by atoms with Gasteiger partial charge in [-0.3, -0.25) is 0 Å². The van der Waals surface area contributed by atoms with Crippen molar-refractivity contribution in [1.29, 1.82) is 0 Å². The Morgan fingerprint density at radius 3 is 2.76 bits per heavy atom. The van der Waals surface area contributed by atoms with Gasteiger partial charge in [-0.2, -0.15) is 0 Å². The number of benzene rings is 1. The van der Waals surface area contributed by atoms with Crippen molar-refractivity contribution in [2.24, 2.45) is 5.92 Å². The Morgan fingerprint density at radius 1 is 1.29 bits per heavy atom. The van der Waals surface area contributed by atoms with Gasteiger partial charge in [0.05, 0.1) is 18.5 Å². The lowest BCUT2D eigenvalue weighted by atomic mass is 9.94. The van der Waals surface area contributed by atoms with E-state index < -0.39 is 0 Å². The normalized spacial score (nSPS) is 24.8. The fourth-order valence-corrected chi connectivity index (χ4v) is 2.59. The van der Waals surface area contributed by atoms with Crippen LogP contribution in [-0.2, 0) is 0 Å². The van der Waals surface area contributed by atoms with E-state index in [1.54, 1.807) is 7.11 Å². The average molecular weight is 234 g/mol. The first-order valence-corrected chi connectivity index (χ1v) is 6.32. The van der Waals surface area contributed by atoms with Crippen LogP contribution in [-0.4, -0.2) is 19.7 Å². The third-order valence-electron chi connectivity index (χ3n) is 3.69. The molecule has 0 amide bonds. The molecule has 0 aromatic heterocycles. The molecule has 1 fully saturated rings. The van der Waals surface area contributed by atoms with Gasteiger partial charge in [0, 0.05) is 12.6 Å². The van der Waals surface area contributed by atoms with E-state index in [1.807, 2.05) is 12.1 Å². The molecule has 1 aliphatic rings. The molecule has 0 bridgehead atoms. The van der Waals surface area contributed by atoms with Crippen LogP contribution >= 0.6 is 0 Å². The summed E-state index contributed by atoms with van der Waals surface area (Å²) < 4.78 is 5.29. The van der Waals surface area contributed by atoms with E-state index in [4.69, 9.17) is 10.5 Å². The Balaban J connectivity index is 2.32. The van der Waals surface area contributed by atoms with Gasteiger partial charge in [-0.05, 0) is 37.8 Å². The van der Waals surface area contributed by atoms with Crippen molar-refractivity contribution in [2.45, 2.75) is 32.7 Å². The lowest BCUT2D eigenvalue weighted by Crippen LogP contribution is -2.41. The van der Waals surface area contributed by atoms with Crippen LogP contribution in [0.3, 0.4) is 0 Å². The first kappa shape index (κ1) is 12.1. The quantitative estimate of drug-likeness (QED) is 0.800. The average Bonchev–Trinajstić information content (AvgIpc) is 2.33. The summed E-state index contributed by atoms with van der Waals surface area (Å²) in [7, 11) is 1.66. The second kappa shape index (κ2) is 4.86. The minimum absolute atomic E-state index is 0.556. The van der Waals surface area contributed by atoms with Gasteiger partial charge in [0.25, 0.3) is 0 Å². The maximum atomic E-state index is 6.17. The molecule has 0 aliphatic carbocycles. The zero-order valence-corrected chi connectivity index (χ0v) is 10.9. The second-order valence-corrected chi connectivity index (χ2v) is 5.08. The molecule has 2 unspecified atom stereocenters. The Labute approximate surface area is 104 Å². The molecule has 2 rings (SSSR count). The Hall–Kier alpha value is -1.38. The minimum atomic E-state index is 0.556.